The second-order valence-corrected chi connectivity index (χ2v) is 7.32. The zero-order valence-corrected chi connectivity index (χ0v) is 16.2. The Kier molecular flexibility index (Phi) is 5.36. The van der Waals surface area contributed by atoms with E-state index in [2.05, 4.69) is 11.9 Å². The van der Waals surface area contributed by atoms with Crippen molar-refractivity contribution >= 4 is 28.9 Å². The van der Waals surface area contributed by atoms with Crippen molar-refractivity contribution in [2.75, 3.05) is 23.4 Å². The normalized spacial score (nSPS) is 15.0. The van der Waals surface area contributed by atoms with E-state index in [1.165, 1.54) is 24.3 Å². The number of benzene rings is 2. The van der Waals surface area contributed by atoms with Gasteiger partial charge >= 0.3 is 0 Å². The Morgan fingerprint density at radius 2 is 2.00 bits per heavy atom. The van der Waals surface area contributed by atoms with E-state index in [0.29, 0.717) is 23.7 Å². The molecule has 1 heterocycles. The van der Waals surface area contributed by atoms with Crippen LogP contribution in [0.1, 0.15) is 24.2 Å². The SMILES string of the molecule is C=CCN1C(=O)C(C)(C)COc2cc(NC(=O)c3ccc([N+](=O)[O-])cc3)ccc21. The molecule has 2 aromatic carbocycles. The standard InChI is InChI=1S/C21H21N3O5/c1-4-11-23-17-10-7-15(12-18(17)29-13-21(2,3)20(23)26)22-19(25)14-5-8-16(9-6-14)24(27)28/h4-10,12H,1,11,13H2,2-3H3,(H,22,25). The highest BCUT2D eigenvalue weighted by Crippen LogP contribution is 2.38. The predicted octanol–water partition coefficient (Wildman–Crippen LogP) is 3.78. The summed E-state index contributed by atoms with van der Waals surface area (Å²) in [5, 5.41) is 13.5. The molecular weight excluding hydrogens is 374 g/mol. The molecule has 1 aliphatic heterocycles. The monoisotopic (exact) mass is 395 g/mol. The Hall–Kier alpha value is -3.68. The highest BCUT2D eigenvalue weighted by atomic mass is 16.6. The molecule has 3 rings (SSSR count). The molecule has 1 aliphatic rings. The minimum atomic E-state index is -0.704. The molecule has 1 N–H and O–H groups in total. The molecule has 0 aliphatic carbocycles. The van der Waals surface area contributed by atoms with E-state index in [0.717, 1.165) is 0 Å². The first-order valence-corrected chi connectivity index (χ1v) is 8.98. The fourth-order valence-corrected chi connectivity index (χ4v) is 2.97. The van der Waals surface area contributed by atoms with Crippen molar-refractivity contribution < 1.29 is 19.2 Å². The number of anilines is 2. The van der Waals surface area contributed by atoms with Gasteiger partial charge in [-0.05, 0) is 38.1 Å². The van der Waals surface area contributed by atoms with Crippen molar-refractivity contribution in [1.29, 1.82) is 0 Å². The fourth-order valence-electron chi connectivity index (χ4n) is 2.97. The van der Waals surface area contributed by atoms with Gasteiger partial charge in [-0.2, -0.15) is 0 Å². The third kappa shape index (κ3) is 4.11. The first-order chi connectivity index (χ1) is 13.7. The molecule has 150 valence electrons. The van der Waals surface area contributed by atoms with Gasteiger partial charge in [-0.15, -0.1) is 6.58 Å². The van der Waals surface area contributed by atoms with Crippen LogP contribution in [-0.2, 0) is 4.79 Å². The van der Waals surface area contributed by atoms with Gasteiger partial charge in [0, 0.05) is 36.0 Å². The number of non-ortho nitro benzene ring substituents is 1. The number of fused-ring (bicyclic) bond motifs is 1. The first-order valence-electron chi connectivity index (χ1n) is 8.98. The van der Waals surface area contributed by atoms with Crippen LogP contribution in [0, 0.1) is 15.5 Å². The largest absolute Gasteiger partial charge is 0.490 e. The van der Waals surface area contributed by atoms with Gasteiger partial charge in [0.2, 0.25) is 5.91 Å². The zero-order valence-electron chi connectivity index (χ0n) is 16.2. The van der Waals surface area contributed by atoms with Crippen molar-refractivity contribution in [2.24, 2.45) is 5.41 Å². The molecule has 0 radical (unpaired) electrons. The molecule has 0 bridgehead atoms. The molecule has 0 saturated carbocycles. The highest BCUT2D eigenvalue weighted by Gasteiger charge is 2.37. The predicted molar refractivity (Wildman–Crippen MR) is 109 cm³/mol. The Balaban J connectivity index is 1.85. The van der Waals surface area contributed by atoms with E-state index < -0.39 is 16.2 Å². The number of nitrogens with one attached hydrogen (secondary N) is 1. The number of carbonyl (C=O) groups excluding carboxylic acids is 2. The Morgan fingerprint density at radius 1 is 1.31 bits per heavy atom. The topological polar surface area (TPSA) is 102 Å². The summed E-state index contributed by atoms with van der Waals surface area (Å²) in [6, 6.07) is 10.4. The average molecular weight is 395 g/mol. The summed E-state index contributed by atoms with van der Waals surface area (Å²) in [5.74, 6) is -0.00101. The average Bonchev–Trinajstić information content (AvgIpc) is 2.78. The third-order valence-electron chi connectivity index (χ3n) is 4.57. The van der Waals surface area contributed by atoms with Gasteiger partial charge in [0.25, 0.3) is 11.6 Å². The van der Waals surface area contributed by atoms with Gasteiger partial charge < -0.3 is 15.0 Å². The van der Waals surface area contributed by atoms with Gasteiger partial charge in [0.15, 0.2) is 0 Å². The van der Waals surface area contributed by atoms with Crippen LogP contribution in [0.4, 0.5) is 17.1 Å². The number of rotatable bonds is 5. The first kappa shape index (κ1) is 20.1. The molecule has 2 aromatic rings. The van der Waals surface area contributed by atoms with Gasteiger partial charge in [-0.25, -0.2) is 0 Å². The number of nitro benzene ring substituents is 1. The summed E-state index contributed by atoms with van der Waals surface area (Å²) < 4.78 is 5.86. The van der Waals surface area contributed by atoms with Crippen LogP contribution in [0.15, 0.2) is 55.1 Å². The molecule has 0 unspecified atom stereocenters. The van der Waals surface area contributed by atoms with Crippen molar-refractivity contribution in [1.82, 2.24) is 0 Å². The lowest BCUT2D eigenvalue weighted by Gasteiger charge is -2.27. The van der Waals surface area contributed by atoms with Gasteiger partial charge in [-0.1, -0.05) is 6.08 Å². The third-order valence-corrected chi connectivity index (χ3v) is 4.57. The van der Waals surface area contributed by atoms with Crippen molar-refractivity contribution in [3.8, 4) is 5.75 Å². The van der Waals surface area contributed by atoms with Crippen LogP contribution in [-0.4, -0.2) is 29.9 Å². The van der Waals surface area contributed by atoms with Crippen LogP contribution in [0.5, 0.6) is 5.75 Å². The van der Waals surface area contributed by atoms with E-state index in [9.17, 15) is 19.7 Å². The fraction of sp³-hybridized carbons (Fsp3) is 0.238. The summed E-state index contributed by atoms with van der Waals surface area (Å²) in [4.78, 5) is 37.1. The van der Waals surface area contributed by atoms with Crippen LogP contribution in [0.25, 0.3) is 0 Å². The van der Waals surface area contributed by atoms with E-state index >= 15 is 0 Å². The summed E-state index contributed by atoms with van der Waals surface area (Å²) in [5.41, 5.74) is 0.585. The zero-order chi connectivity index (χ0) is 21.2. The second kappa shape index (κ2) is 7.75. The quantitative estimate of drug-likeness (QED) is 0.471. The van der Waals surface area contributed by atoms with Crippen LogP contribution < -0.4 is 15.0 Å². The van der Waals surface area contributed by atoms with Crippen molar-refractivity contribution in [3.05, 3.63) is 70.8 Å². The van der Waals surface area contributed by atoms with Crippen molar-refractivity contribution in [2.45, 2.75) is 13.8 Å². The smallest absolute Gasteiger partial charge is 0.269 e. The summed E-state index contributed by atoms with van der Waals surface area (Å²) in [6.07, 6.45) is 1.65. The summed E-state index contributed by atoms with van der Waals surface area (Å²) in [7, 11) is 0. The number of carbonyl (C=O) groups is 2. The lowest BCUT2D eigenvalue weighted by molar-refractivity contribution is -0.384. The Labute approximate surface area is 167 Å². The number of nitro groups is 1. The minimum Gasteiger partial charge on any atom is -0.490 e. The number of nitrogens with zero attached hydrogens (tertiary/aromatic N) is 2. The number of hydrogen-bond donors (Lipinski definition) is 1. The number of hydrogen-bond acceptors (Lipinski definition) is 5. The van der Waals surface area contributed by atoms with E-state index in [4.69, 9.17) is 4.74 Å². The Morgan fingerprint density at radius 3 is 2.62 bits per heavy atom. The van der Waals surface area contributed by atoms with E-state index in [1.54, 1.807) is 29.2 Å². The van der Waals surface area contributed by atoms with Crippen molar-refractivity contribution in [3.63, 3.8) is 0 Å². The Bertz CT molecular complexity index is 982. The maximum absolute atomic E-state index is 12.8. The highest BCUT2D eigenvalue weighted by molar-refractivity contribution is 6.05. The number of amides is 2. The maximum Gasteiger partial charge on any atom is 0.269 e. The van der Waals surface area contributed by atoms with Crippen LogP contribution in [0.3, 0.4) is 0 Å². The molecule has 29 heavy (non-hydrogen) atoms. The van der Waals surface area contributed by atoms with Gasteiger partial charge in [0.1, 0.15) is 12.4 Å². The second-order valence-electron chi connectivity index (χ2n) is 7.32. The minimum absolute atomic E-state index is 0.0705. The van der Waals surface area contributed by atoms with Crippen LogP contribution in [0.2, 0.25) is 0 Å². The lowest BCUT2D eigenvalue weighted by atomic mass is 9.93. The van der Waals surface area contributed by atoms with Gasteiger partial charge in [-0.3, -0.25) is 19.7 Å². The lowest BCUT2D eigenvalue weighted by Crippen LogP contribution is -2.42. The van der Waals surface area contributed by atoms with Gasteiger partial charge in [0.05, 0.1) is 16.0 Å². The summed E-state index contributed by atoms with van der Waals surface area (Å²) in [6.45, 7) is 7.88. The molecule has 0 fully saturated rings. The molecule has 0 saturated heterocycles. The molecule has 0 spiro atoms. The molecule has 8 nitrogen and oxygen atoms in total. The molecule has 0 atom stereocenters. The molecule has 8 heteroatoms. The summed E-state index contributed by atoms with van der Waals surface area (Å²) >= 11 is 0. The number of ether oxygens (including phenoxy) is 1. The molecule has 2 amide bonds. The van der Waals surface area contributed by atoms with Crippen LogP contribution >= 0.6 is 0 Å². The van der Waals surface area contributed by atoms with E-state index in [1.807, 2.05) is 13.8 Å². The molecule has 0 aromatic heterocycles. The molecular formula is C21H21N3O5. The maximum atomic E-state index is 12.8. The van der Waals surface area contributed by atoms with E-state index in [-0.39, 0.29) is 23.8 Å².